The first-order valence-electron chi connectivity index (χ1n) is 9.14. The van der Waals surface area contributed by atoms with Crippen LogP contribution in [0, 0.1) is 5.82 Å². The van der Waals surface area contributed by atoms with Crippen LogP contribution in [0.2, 0.25) is 0 Å². The van der Waals surface area contributed by atoms with Gasteiger partial charge in [-0.3, -0.25) is 4.79 Å². The minimum absolute atomic E-state index is 0.0284. The molecule has 0 aromatic heterocycles. The first-order chi connectivity index (χ1) is 13.3. The minimum atomic E-state index is -4.39. The topological polar surface area (TPSA) is 29.5 Å². The number of nitrogens with zero attached hydrogens (tertiary/aromatic N) is 1. The Bertz CT molecular complexity index is 857. The fraction of sp³-hybridized carbons (Fsp3) is 0.381. The fourth-order valence-electron chi connectivity index (χ4n) is 3.74. The van der Waals surface area contributed by atoms with Crippen molar-refractivity contribution in [3.8, 4) is 0 Å². The second-order valence-electron chi connectivity index (χ2n) is 7.32. The van der Waals surface area contributed by atoms with Gasteiger partial charge in [-0.25, -0.2) is 4.39 Å². The summed E-state index contributed by atoms with van der Waals surface area (Å²) in [5.41, 5.74) is 0.0808. The van der Waals surface area contributed by atoms with Gasteiger partial charge in [-0.15, -0.1) is 0 Å². The van der Waals surface area contributed by atoms with Gasteiger partial charge in [0.1, 0.15) is 11.9 Å². The molecule has 2 aromatic carbocycles. The first kappa shape index (κ1) is 18.9. The molecule has 1 heterocycles. The molecule has 3 nitrogen and oxygen atoms in total. The number of carbonyl (C=O) groups excluding carboxylic acids is 1. The molecule has 148 valence electrons. The third-order valence-electron chi connectivity index (χ3n) is 5.52. The largest absolute Gasteiger partial charge is 0.416 e. The normalized spacial score (nSPS) is 21.4. The lowest BCUT2D eigenvalue weighted by molar-refractivity contribution is -0.141. The molecular weight excluding hydrogens is 374 g/mol. The van der Waals surface area contributed by atoms with E-state index in [0.717, 1.165) is 17.7 Å². The summed E-state index contributed by atoms with van der Waals surface area (Å²) in [7, 11) is 0. The predicted octanol–water partition coefficient (Wildman–Crippen LogP) is 4.48. The zero-order valence-electron chi connectivity index (χ0n) is 15.0. The van der Waals surface area contributed by atoms with E-state index in [9.17, 15) is 22.4 Å². The second kappa shape index (κ2) is 6.88. The summed E-state index contributed by atoms with van der Waals surface area (Å²) in [5.74, 6) is -0.375. The molecule has 2 fully saturated rings. The summed E-state index contributed by atoms with van der Waals surface area (Å²) >= 11 is 0. The van der Waals surface area contributed by atoms with Crippen molar-refractivity contribution in [2.75, 3.05) is 19.7 Å². The number of alkyl halides is 3. The van der Waals surface area contributed by atoms with Crippen LogP contribution in [0.3, 0.4) is 0 Å². The smallest absolute Gasteiger partial charge is 0.370 e. The van der Waals surface area contributed by atoms with Gasteiger partial charge >= 0.3 is 6.18 Å². The summed E-state index contributed by atoms with van der Waals surface area (Å²) in [6, 6.07) is 10.9. The van der Waals surface area contributed by atoms with E-state index >= 15 is 0 Å². The zero-order chi connectivity index (χ0) is 19.9. The molecule has 0 bridgehead atoms. The van der Waals surface area contributed by atoms with Crippen LogP contribution in [0.4, 0.5) is 17.6 Å². The molecule has 7 heteroatoms. The van der Waals surface area contributed by atoms with Crippen molar-refractivity contribution >= 4 is 5.91 Å². The Labute approximate surface area is 159 Å². The van der Waals surface area contributed by atoms with Crippen LogP contribution in [-0.2, 0) is 21.1 Å². The lowest BCUT2D eigenvalue weighted by Crippen LogP contribution is -2.46. The maximum Gasteiger partial charge on any atom is 0.416 e. The lowest BCUT2D eigenvalue weighted by atomic mass is 9.93. The van der Waals surface area contributed by atoms with Gasteiger partial charge in [0.2, 0.25) is 5.91 Å². The number of halogens is 4. The van der Waals surface area contributed by atoms with Crippen molar-refractivity contribution in [3.63, 3.8) is 0 Å². The van der Waals surface area contributed by atoms with E-state index in [1.807, 2.05) is 0 Å². The van der Waals surface area contributed by atoms with E-state index < -0.39 is 23.3 Å². The van der Waals surface area contributed by atoms with Crippen molar-refractivity contribution in [2.24, 2.45) is 0 Å². The van der Waals surface area contributed by atoms with Crippen molar-refractivity contribution in [1.82, 2.24) is 4.90 Å². The van der Waals surface area contributed by atoms with Gasteiger partial charge in [0.15, 0.2) is 0 Å². The van der Waals surface area contributed by atoms with E-state index in [-0.39, 0.29) is 18.3 Å². The molecule has 4 rings (SSSR count). The Balaban J connectivity index is 1.49. The summed E-state index contributed by atoms with van der Waals surface area (Å²) < 4.78 is 57.1. The van der Waals surface area contributed by atoms with Crippen LogP contribution < -0.4 is 0 Å². The lowest BCUT2D eigenvalue weighted by Gasteiger charge is -2.35. The van der Waals surface area contributed by atoms with E-state index in [2.05, 4.69) is 0 Å². The van der Waals surface area contributed by atoms with E-state index in [0.29, 0.717) is 31.6 Å². The molecule has 1 atom stereocenters. The Morgan fingerprint density at radius 3 is 2.25 bits per heavy atom. The summed E-state index contributed by atoms with van der Waals surface area (Å²) in [6.07, 6.45) is -3.44. The highest BCUT2D eigenvalue weighted by molar-refractivity contribution is 5.91. The molecule has 0 radical (unpaired) electrons. The van der Waals surface area contributed by atoms with Crippen molar-refractivity contribution in [2.45, 2.75) is 30.5 Å². The van der Waals surface area contributed by atoms with Crippen LogP contribution in [0.5, 0.6) is 0 Å². The molecule has 1 aliphatic heterocycles. The number of benzene rings is 2. The molecule has 2 aliphatic rings. The zero-order valence-corrected chi connectivity index (χ0v) is 15.0. The van der Waals surface area contributed by atoms with Gasteiger partial charge in [-0.1, -0.05) is 24.3 Å². The Kier molecular flexibility index (Phi) is 4.65. The number of hydrogen-bond acceptors (Lipinski definition) is 2. The molecule has 1 saturated carbocycles. The number of rotatable bonds is 3. The third kappa shape index (κ3) is 3.51. The van der Waals surface area contributed by atoms with Gasteiger partial charge in [0.25, 0.3) is 0 Å². The quantitative estimate of drug-likeness (QED) is 0.720. The highest BCUT2D eigenvalue weighted by Crippen LogP contribution is 2.50. The van der Waals surface area contributed by atoms with Gasteiger partial charge in [-0.2, -0.15) is 13.2 Å². The highest BCUT2D eigenvalue weighted by atomic mass is 19.4. The molecule has 28 heavy (non-hydrogen) atoms. The second-order valence-corrected chi connectivity index (χ2v) is 7.32. The predicted molar refractivity (Wildman–Crippen MR) is 94.0 cm³/mol. The van der Waals surface area contributed by atoms with Crippen molar-refractivity contribution in [3.05, 3.63) is 71.0 Å². The number of ether oxygens (including phenoxy) is 1. The Hall–Kier alpha value is -2.41. The van der Waals surface area contributed by atoms with E-state index in [1.165, 1.54) is 24.3 Å². The van der Waals surface area contributed by atoms with Gasteiger partial charge in [-0.05, 0) is 48.2 Å². The molecule has 1 unspecified atom stereocenters. The summed E-state index contributed by atoms with van der Waals surface area (Å²) in [6.45, 7) is 1.03. The monoisotopic (exact) mass is 393 g/mol. The SMILES string of the molecule is O=C(N1CCOC(c2ccc(C(F)(F)F)cc2)C1)C1(c2ccc(F)cc2)CC1. The van der Waals surface area contributed by atoms with Crippen molar-refractivity contribution in [1.29, 1.82) is 0 Å². The van der Waals surface area contributed by atoms with Gasteiger partial charge in [0.05, 0.1) is 24.1 Å². The molecule has 2 aromatic rings. The molecule has 0 N–H and O–H groups in total. The molecule has 0 spiro atoms. The molecule has 1 saturated heterocycles. The van der Waals surface area contributed by atoms with Crippen LogP contribution in [0.25, 0.3) is 0 Å². The van der Waals surface area contributed by atoms with Crippen molar-refractivity contribution < 1.29 is 27.1 Å². The highest BCUT2D eigenvalue weighted by Gasteiger charge is 2.53. The maximum absolute atomic E-state index is 13.2. The van der Waals surface area contributed by atoms with E-state index in [1.54, 1.807) is 17.0 Å². The summed E-state index contributed by atoms with van der Waals surface area (Å²) in [4.78, 5) is 14.9. The molecule has 1 aliphatic carbocycles. The van der Waals surface area contributed by atoms with Gasteiger partial charge < -0.3 is 9.64 Å². The van der Waals surface area contributed by atoms with E-state index in [4.69, 9.17) is 4.74 Å². The van der Waals surface area contributed by atoms with Crippen LogP contribution in [0.15, 0.2) is 48.5 Å². The van der Waals surface area contributed by atoms with Gasteiger partial charge in [0, 0.05) is 6.54 Å². The standard InChI is InChI=1S/C21H19F4NO2/c22-17-7-5-15(6-8-17)20(9-10-20)19(27)26-11-12-28-18(13-26)14-1-3-16(4-2-14)21(23,24)25/h1-8,18H,9-13H2. The Morgan fingerprint density at radius 1 is 1.04 bits per heavy atom. The third-order valence-corrected chi connectivity index (χ3v) is 5.52. The molecule has 1 amide bonds. The number of carbonyl (C=O) groups is 1. The summed E-state index contributed by atoms with van der Waals surface area (Å²) in [5, 5.41) is 0. The van der Waals surface area contributed by atoms with Crippen LogP contribution in [0.1, 0.15) is 35.6 Å². The fourth-order valence-corrected chi connectivity index (χ4v) is 3.74. The Morgan fingerprint density at radius 2 is 1.68 bits per heavy atom. The average molecular weight is 393 g/mol. The number of amides is 1. The molecular formula is C21H19F4NO2. The number of morpholine rings is 1. The first-order valence-corrected chi connectivity index (χ1v) is 9.14. The minimum Gasteiger partial charge on any atom is -0.370 e. The average Bonchev–Trinajstić information content (AvgIpc) is 3.49. The van der Waals surface area contributed by atoms with Crippen LogP contribution >= 0.6 is 0 Å². The van der Waals surface area contributed by atoms with Crippen LogP contribution in [-0.4, -0.2) is 30.5 Å². The number of hydrogen-bond donors (Lipinski definition) is 0. The maximum atomic E-state index is 13.2.